The summed E-state index contributed by atoms with van der Waals surface area (Å²) < 4.78 is 22.7. The molecule has 100 valence electrons. The van der Waals surface area contributed by atoms with E-state index in [0.717, 1.165) is 5.75 Å². The molecule has 0 aliphatic heterocycles. The fraction of sp³-hybridized carbons (Fsp3) is 0.462. The molecule has 0 saturated heterocycles. The first-order chi connectivity index (χ1) is 8.61. The topological polar surface area (TPSA) is 35.5 Å². The van der Waals surface area contributed by atoms with E-state index in [1.54, 1.807) is 23.9 Å². The first-order valence-electron chi connectivity index (χ1n) is 5.68. The molecule has 0 bridgehead atoms. The molecule has 0 heterocycles. The largest absolute Gasteiger partial charge is 0.493 e. The van der Waals surface area contributed by atoms with Crippen LogP contribution in [0.4, 0.5) is 4.39 Å². The fourth-order valence-electron chi connectivity index (χ4n) is 1.32. The van der Waals surface area contributed by atoms with Crippen LogP contribution in [0.15, 0.2) is 24.3 Å². The van der Waals surface area contributed by atoms with Crippen LogP contribution in [0.1, 0.15) is 13.3 Å². The van der Waals surface area contributed by atoms with Gasteiger partial charge in [0.05, 0.1) is 20.1 Å². The van der Waals surface area contributed by atoms with Gasteiger partial charge < -0.3 is 9.47 Å². The number of rotatable bonds is 7. The highest BCUT2D eigenvalue weighted by Gasteiger charge is 2.09. The molecular weight excluding hydrogens is 255 g/mol. The van der Waals surface area contributed by atoms with Crippen molar-refractivity contribution >= 4 is 17.7 Å². The molecule has 0 aliphatic rings. The molecule has 0 aromatic heterocycles. The van der Waals surface area contributed by atoms with Crippen LogP contribution in [0.2, 0.25) is 0 Å². The predicted molar refractivity (Wildman–Crippen MR) is 70.4 cm³/mol. The highest BCUT2D eigenvalue weighted by atomic mass is 32.2. The molecule has 18 heavy (non-hydrogen) atoms. The maximum atomic E-state index is 12.6. The zero-order valence-electron chi connectivity index (χ0n) is 10.5. The summed E-state index contributed by atoms with van der Waals surface area (Å²) in [6.07, 6.45) is 0.401. The van der Waals surface area contributed by atoms with Gasteiger partial charge in [0.25, 0.3) is 0 Å². The lowest BCUT2D eigenvalue weighted by Gasteiger charge is -2.10. The third-order valence-corrected chi connectivity index (χ3v) is 3.39. The van der Waals surface area contributed by atoms with Crippen LogP contribution in [0.3, 0.4) is 0 Å². The zero-order chi connectivity index (χ0) is 13.4. The molecule has 0 radical (unpaired) electrons. The summed E-state index contributed by atoms with van der Waals surface area (Å²) in [7, 11) is 1.39. The lowest BCUT2D eigenvalue weighted by Crippen LogP contribution is -2.11. The average molecular weight is 272 g/mol. The summed E-state index contributed by atoms with van der Waals surface area (Å²) in [5, 5.41) is 0.203. The Kier molecular flexibility index (Phi) is 6.57. The van der Waals surface area contributed by atoms with Crippen LogP contribution < -0.4 is 4.74 Å². The molecule has 0 amide bonds. The van der Waals surface area contributed by atoms with Crippen LogP contribution in [-0.4, -0.2) is 30.7 Å². The number of benzene rings is 1. The van der Waals surface area contributed by atoms with Crippen molar-refractivity contribution in [3.8, 4) is 5.75 Å². The minimum absolute atomic E-state index is 0.200. The summed E-state index contributed by atoms with van der Waals surface area (Å²) in [5.41, 5.74) is 0. The molecule has 1 aromatic carbocycles. The predicted octanol–water partition coefficient (Wildman–Crippen LogP) is 2.89. The minimum Gasteiger partial charge on any atom is -0.493 e. The first kappa shape index (κ1) is 14.8. The number of carbonyl (C=O) groups excluding carboxylic acids is 1. The highest BCUT2D eigenvalue weighted by Crippen LogP contribution is 2.16. The average Bonchev–Trinajstić information content (AvgIpc) is 2.36. The normalized spacial score (nSPS) is 11.9. The van der Waals surface area contributed by atoms with Crippen LogP contribution in [0.25, 0.3) is 0 Å². The van der Waals surface area contributed by atoms with E-state index in [4.69, 9.17) is 4.74 Å². The minimum atomic E-state index is -0.275. The van der Waals surface area contributed by atoms with Crippen molar-refractivity contribution < 1.29 is 18.7 Å². The quantitative estimate of drug-likeness (QED) is 0.565. The van der Waals surface area contributed by atoms with Gasteiger partial charge >= 0.3 is 5.97 Å². The molecule has 5 heteroatoms. The van der Waals surface area contributed by atoms with E-state index in [0.29, 0.717) is 18.8 Å². The Morgan fingerprint density at radius 1 is 1.39 bits per heavy atom. The third-order valence-electron chi connectivity index (χ3n) is 2.25. The third kappa shape index (κ3) is 5.91. The highest BCUT2D eigenvalue weighted by molar-refractivity contribution is 7.99. The summed E-state index contributed by atoms with van der Waals surface area (Å²) in [4.78, 5) is 11.0. The molecule has 1 rings (SSSR count). The van der Waals surface area contributed by atoms with Gasteiger partial charge in [-0.3, -0.25) is 4.79 Å². The smallest absolute Gasteiger partial charge is 0.306 e. The van der Waals surface area contributed by atoms with Gasteiger partial charge in [0.15, 0.2) is 0 Å². The van der Waals surface area contributed by atoms with Crippen LogP contribution in [0.5, 0.6) is 5.75 Å². The Hall–Kier alpha value is -1.23. The number of halogens is 1. The van der Waals surface area contributed by atoms with Crippen LogP contribution in [-0.2, 0) is 9.53 Å². The Labute approximate surface area is 111 Å². The Morgan fingerprint density at radius 3 is 2.67 bits per heavy atom. The van der Waals surface area contributed by atoms with Gasteiger partial charge in [-0.15, -0.1) is 0 Å². The van der Waals surface area contributed by atoms with E-state index < -0.39 is 0 Å². The fourth-order valence-corrected chi connectivity index (χ4v) is 2.15. The number of hydrogen-bond donors (Lipinski definition) is 0. The Morgan fingerprint density at radius 2 is 2.06 bits per heavy atom. The summed E-state index contributed by atoms with van der Waals surface area (Å²) in [6, 6.07) is 5.92. The molecule has 1 atom stereocenters. The Balaban J connectivity index is 2.14. The molecule has 0 spiro atoms. The van der Waals surface area contributed by atoms with E-state index in [1.807, 2.05) is 6.92 Å². The van der Waals surface area contributed by atoms with Gasteiger partial charge in [-0.25, -0.2) is 4.39 Å². The van der Waals surface area contributed by atoms with Crippen molar-refractivity contribution in [2.75, 3.05) is 19.5 Å². The van der Waals surface area contributed by atoms with E-state index in [1.165, 1.54) is 19.2 Å². The standard InChI is InChI=1S/C13H17FO3S/c1-10(9-13(15)16-2)18-8-7-17-12-5-3-11(14)4-6-12/h3-6,10H,7-9H2,1-2H3. The van der Waals surface area contributed by atoms with Gasteiger partial charge in [-0.05, 0) is 24.3 Å². The molecular formula is C13H17FO3S. The summed E-state index contributed by atoms with van der Waals surface area (Å²) in [5.74, 6) is 0.950. The summed E-state index contributed by atoms with van der Waals surface area (Å²) in [6.45, 7) is 2.50. The van der Waals surface area contributed by atoms with Gasteiger partial charge in [0.2, 0.25) is 0 Å². The van der Waals surface area contributed by atoms with E-state index in [9.17, 15) is 9.18 Å². The van der Waals surface area contributed by atoms with Crippen molar-refractivity contribution in [1.29, 1.82) is 0 Å². The number of esters is 1. The molecule has 0 fully saturated rings. The maximum Gasteiger partial charge on any atom is 0.306 e. The second-order valence-electron chi connectivity index (χ2n) is 3.76. The molecule has 3 nitrogen and oxygen atoms in total. The van der Waals surface area contributed by atoms with Crippen molar-refractivity contribution in [2.45, 2.75) is 18.6 Å². The number of methoxy groups -OCH3 is 1. The van der Waals surface area contributed by atoms with Crippen molar-refractivity contribution in [3.05, 3.63) is 30.1 Å². The first-order valence-corrected chi connectivity index (χ1v) is 6.73. The SMILES string of the molecule is COC(=O)CC(C)SCCOc1ccc(F)cc1. The maximum absolute atomic E-state index is 12.6. The monoisotopic (exact) mass is 272 g/mol. The van der Waals surface area contributed by atoms with E-state index in [-0.39, 0.29) is 17.0 Å². The van der Waals surface area contributed by atoms with E-state index >= 15 is 0 Å². The second kappa shape index (κ2) is 7.97. The Bertz CT molecular complexity index is 367. The van der Waals surface area contributed by atoms with Gasteiger partial charge in [0.1, 0.15) is 11.6 Å². The van der Waals surface area contributed by atoms with Crippen LogP contribution in [0, 0.1) is 5.82 Å². The number of hydrogen-bond acceptors (Lipinski definition) is 4. The lowest BCUT2D eigenvalue weighted by molar-refractivity contribution is -0.140. The number of ether oxygens (including phenoxy) is 2. The van der Waals surface area contributed by atoms with Crippen molar-refractivity contribution in [3.63, 3.8) is 0 Å². The van der Waals surface area contributed by atoms with Gasteiger partial charge in [-0.1, -0.05) is 6.92 Å². The second-order valence-corrected chi connectivity index (χ2v) is 5.31. The molecule has 1 aromatic rings. The number of thioether (sulfide) groups is 1. The molecule has 0 saturated carbocycles. The summed E-state index contributed by atoms with van der Waals surface area (Å²) >= 11 is 1.64. The molecule has 0 N–H and O–H groups in total. The zero-order valence-corrected chi connectivity index (χ0v) is 11.3. The van der Waals surface area contributed by atoms with Crippen molar-refractivity contribution in [2.24, 2.45) is 0 Å². The van der Waals surface area contributed by atoms with Gasteiger partial charge in [-0.2, -0.15) is 11.8 Å². The van der Waals surface area contributed by atoms with Gasteiger partial charge in [0, 0.05) is 11.0 Å². The molecule has 1 unspecified atom stereocenters. The molecule has 0 aliphatic carbocycles. The van der Waals surface area contributed by atoms with Crippen molar-refractivity contribution in [1.82, 2.24) is 0 Å². The number of carbonyl (C=O) groups is 1. The lowest BCUT2D eigenvalue weighted by atomic mass is 10.3. The van der Waals surface area contributed by atoms with E-state index in [2.05, 4.69) is 4.74 Å². The van der Waals surface area contributed by atoms with Crippen LogP contribution >= 0.6 is 11.8 Å².